The molecule has 2 aliphatic heterocycles. The maximum absolute atomic E-state index is 4.37. The first kappa shape index (κ1) is 5.74. The lowest BCUT2D eigenvalue weighted by atomic mass is 10.0. The molecule has 0 aromatic heterocycles. The van der Waals surface area contributed by atoms with Crippen LogP contribution in [0, 0.1) is 0 Å². The van der Waals surface area contributed by atoms with Crippen LogP contribution in [0.4, 0.5) is 0 Å². The van der Waals surface area contributed by atoms with E-state index in [1.54, 1.807) is 0 Å². The van der Waals surface area contributed by atoms with Gasteiger partial charge in [-0.3, -0.25) is 0 Å². The molecule has 10 heavy (non-hydrogen) atoms. The maximum Gasteiger partial charge on any atom is 0.0710 e. The minimum Gasteiger partial charge on any atom is -0.368 e. The Bertz CT molecular complexity index is 213. The normalized spacial score (nSPS) is 28.8. The van der Waals surface area contributed by atoms with Crippen LogP contribution < -0.4 is 10.6 Å². The van der Waals surface area contributed by atoms with E-state index in [0.717, 1.165) is 6.54 Å². The molecule has 0 saturated heterocycles. The molecule has 2 nitrogen and oxygen atoms in total. The molecular weight excluding hydrogens is 124 g/mol. The van der Waals surface area contributed by atoms with Gasteiger partial charge < -0.3 is 5.32 Å². The van der Waals surface area contributed by atoms with Crippen LogP contribution in [-0.2, 0) is 0 Å². The lowest BCUT2D eigenvalue weighted by molar-refractivity contribution is 0.670. The molecule has 51 valence electrons. The molecule has 2 heterocycles. The van der Waals surface area contributed by atoms with Crippen LogP contribution in [0.5, 0.6) is 0 Å². The summed E-state index contributed by atoms with van der Waals surface area (Å²) in [4.78, 5) is 0. The van der Waals surface area contributed by atoms with E-state index in [1.165, 1.54) is 5.57 Å². The predicted molar refractivity (Wildman–Crippen MR) is 40.3 cm³/mol. The van der Waals surface area contributed by atoms with Crippen molar-refractivity contribution in [2.75, 3.05) is 6.54 Å². The topological polar surface area (TPSA) is 26.1 Å². The highest BCUT2D eigenvalue weighted by atomic mass is 14.9. The van der Waals surface area contributed by atoms with E-state index in [4.69, 9.17) is 0 Å². The second kappa shape index (κ2) is 2.31. The molecular formula is C8H9N2. The van der Waals surface area contributed by atoms with Crippen molar-refractivity contribution in [3.8, 4) is 0 Å². The minimum atomic E-state index is 0.311. The highest BCUT2D eigenvalue weighted by Crippen LogP contribution is 2.12. The molecule has 0 saturated carbocycles. The zero-order valence-corrected chi connectivity index (χ0v) is 5.62. The largest absolute Gasteiger partial charge is 0.368 e. The van der Waals surface area contributed by atoms with Gasteiger partial charge in [0.15, 0.2) is 0 Å². The average molecular weight is 133 g/mol. The van der Waals surface area contributed by atoms with Gasteiger partial charge in [0, 0.05) is 12.7 Å². The average Bonchev–Trinajstić information content (AvgIpc) is 2.05. The van der Waals surface area contributed by atoms with Crippen molar-refractivity contribution in [2.45, 2.75) is 6.04 Å². The first-order chi connectivity index (χ1) is 4.97. The molecule has 2 heteroatoms. The van der Waals surface area contributed by atoms with Gasteiger partial charge in [-0.05, 0) is 17.8 Å². The lowest BCUT2D eigenvalue weighted by Gasteiger charge is -2.20. The van der Waals surface area contributed by atoms with Crippen LogP contribution in [0.25, 0.3) is 0 Å². The Hall–Kier alpha value is -1.02. The van der Waals surface area contributed by atoms with Crippen LogP contribution in [0.3, 0.4) is 0 Å². The van der Waals surface area contributed by atoms with E-state index in [9.17, 15) is 0 Å². The van der Waals surface area contributed by atoms with Crippen LogP contribution in [-0.4, -0.2) is 12.6 Å². The van der Waals surface area contributed by atoms with E-state index in [-0.39, 0.29) is 0 Å². The van der Waals surface area contributed by atoms with Crippen molar-refractivity contribution in [3.05, 3.63) is 36.2 Å². The second-order valence-electron chi connectivity index (χ2n) is 2.38. The van der Waals surface area contributed by atoms with Gasteiger partial charge in [0.05, 0.1) is 6.04 Å². The fourth-order valence-electron chi connectivity index (χ4n) is 1.16. The van der Waals surface area contributed by atoms with Gasteiger partial charge in [-0.15, -0.1) is 0 Å². The third-order valence-corrected chi connectivity index (χ3v) is 1.68. The number of nitrogens with one attached hydrogen (secondary N) is 1. The number of hydrogen-bond acceptors (Lipinski definition) is 1. The molecule has 0 aromatic rings. The Kier molecular flexibility index (Phi) is 1.32. The summed E-state index contributed by atoms with van der Waals surface area (Å²) in [5.74, 6) is 0. The third-order valence-electron chi connectivity index (χ3n) is 1.68. The van der Waals surface area contributed by atoms with E-state index >= 15 is 0 Å². The second-order valence-corrected chi connectivity index (χ2v) is 2.38. The summed E-state index contributed by atoms with van der Waals surface area (Å²) in [5.41, 5.74) is 1.26. The monoisotopic (exact) mass is 133 g/mol. The van der Waals surface area contributed by atoms with E-state index in [1.807, 2.05) is 12.4 Å². The molecule has 0 aromatic carbocycles. The first-order valence-electron chi connectivity index (χ1n) is 3.43. The first-order valence-corrected chi connectivity index (χ1v) is 3.43. The molecule has 0 aliphatic carbocycles. The molecule has 0 fully saturated rings. The molecule has 1 N–H and O–H groups in total. The molecule has 1 unspecified atom stereocenters. The number of hydrogen-bond donors (Lipinski definition) is 1. The summed E-state index contributed by atoms with van der Waals surface area (Å²) in [6.45, 7) is 0.854. The van der Waals surface area contributed by atoms with Crippen molar-refractivity contribution >= 4 is 0 Å². The summed E-state index contributed by atoms with van der Waals surface area (Å²) in [5, 5.41) is 7.40. The number of nitrogens with zero attached hydrogens (tertiary/aromatic N) is 1. The molecule has 2 rings (SSSR count). The Morgan fingerprint density at radius 3 is 3.50 bits per heavy atom. The zero-order chi connectivity index (χ0) is 6.81. The van der Waals surface area contributed by atoms with E-state index in [2.05, 4.69) is 28.9 Å². The summed E-state index contributed by atoms with van der Waals surface area (Å²) >= 11 is 0. The highest BCUT2D eigenvalue weighted by Gasteiger charge is 2.13. The molecule has 1 radical (unpaired) electrons. The van der Waals surface area contributed by atoms with Crippen molar-refractivity contribution < 1.29 is 0 Å². The Labute approximate surface area is 60.3 Å². The van der Waals surface area contributed by atoms with Gasteiger partial charge in [-0.2, -0.15) is 0 Å². The highest BCUT2D eigenvalue weighted by molar-refractivity contribution is 5.34. The van der Waals surface area contributed by atoms with Crippen molar-refractivity contribution in [1.82, 2.24) is 10.6 Å². The number of fused-ring (bicyclic) bond motifs is 1. The van der Waals surface area contributed by atoms with Gasteiger partial charge in [-0.25, -0.2) is 5.32 Å². The fourth-order valence-corrected chi connectivity index (χ4v) is 1.16. The summed E-state index contributed by atoms with van der Waals surface area (Å²) in [6.07, 6.45) is 10.2. The Morgan fingerprint density at radius 2 is 2.60 bits per heavy atom. The zero-order valence-electron chi connectivity index (χ0n) is 5.62. The van der Waals surface area contributed by atoms with Gasteiger partial charge in [0.1, 0.15) is 0 Å². The number of dihydropyridines is 1. The smallest absolute Gasteiger partial charge is 0.0710 e. The molecule has 0 spiro atoms. The van der Waals surface area contributed by atoms with Crippen LogP contribution in [0.2, 0.25) is 0 Å². The molecule has 1 atom stereocenters. The summed E-state index contributed by atoms with van der Waals surface area (Å²) < 4.78 is 0. The standard InChI is InChI=1S/C8H9N2/c1-2-7-6-9-5-3-8(7)10-4-1/h1-3,5-6,8-9H,4H2. The lowest BCUT2D eigenvalue weighted by Crippen LogP contribution is -2.28. The Balaban J connectivity index is 2.26. The van der Waals surface area contributed by atoms with Crippen molar-refractivity contribution in [3.63, 3.8) is 0 Å². The van der Waals surface area contributed by atoms with Gasteiger partial charge in [0.25, 0.3) is 0 Å². The van der Waals surface area contributed by atoms with Crippen LogP contribution in [0.1, 0.15) is 0 Å². The molecule has 0 bridgehead atoms. The van der Waals surface area contributed by atoms with Gasteiger partial charge in [-0.1, -0.05) is 12.2 Å². The summed E-state index contributed by atoms with van der Waals surface area (Å²) in [7, 11) is 0. The molecule has 2 aliphatic rings. The van der Waals surface area contributed by atoms with Crippen LogP contribution >= 0.6 is 0 Å². The quantitative estimate of drug-likeness (QED) is 0.512. The van der Waals surface area contributed by atoms with Crippen LogP contribution in [0.15, 0.2) is 36.2 Å². The van der Waals surface area contributed by atoms with Crippen molar-refractivity contribution in [2.24, 2.45) is 0 Å². The SMILES string of the molecule is C1=CC2=CNC=CC2[N]C1. The molecule has 0 amide bonds. The third kappa shape index (κ3) is 0.866. The van der Waals surface area contributed by atoms with E-state index in [0.29, 0.717) is 6.04 Å². The predicted octanol–water partition coefficient (Wildman–Crippen LogP) is 0.530. The van der Waals surface area contributed by atoms with E-state index < -0.39 is 0 Å². The van der Waals surface area contributed by atoms with Gasteiger partial charge in [0.2, 0.25) is 0 Å². The van der Waals surface area contributed by atoms with Gasteiger partial charge >= 0.3 is 0 Å². The van der Waals surface area contributed by atoms with Crippen molar-refractivity contribution in [1.29, 1.82) is 0 Å². The minimum absolute atomic E-state index is 0.311. The maximum atomic E-state index is 4.37. The number of rotatable bonds is 0. The fraction of sp³-hybridized carbons (Fsp3) is 0.250. The summed E-state index contributed by atoms with van der Waals surface area (Å²) in [6, 6.07) is 0.311. The Morgan fingerprint density at radius 1 is 1.60 bits per heavy atom.